The van der Waals surface area contributed by atoms with Gasteiger partial charge in [-0.3, -0.25) is 0 Å². The van der Waals surface area contributed by atoms with Gasteiger partial charge in [0.05, 0.1) is 0 Å². The van der Waals surface area contributed by atoms with Gasteiger partial charge in [-0.1, -0.05) is 129 Å². The quantitative estimate of drug-likeness (QED) is 0.178. The monoisotopic (exact) mass is 610 g/mol. The molecule has 0 fully saturated rings. The lowest BCUT2D eigenvalue weighted by atomic mass is 9.77. The van der Waals surface area contributed by atoms with Gasteiger partial charge in [-0.2, -0.15) is 0 Å². The van der Waals surface area contributed by atoms with Gasteiger partial charge in [0.25, 0.3) is 0 Å². The maximum Gasteiger partial charge on any atom is 0.135 e. The SMILES string of the molecule is CC1(C)c2cc(-c3ccc4ccc5cccc6ccc3c4c56)ccc2-c2c1c(-c1ccc3oc4ccccc4c3c1)cc1ccccc21. The van der Waals surface area contributed by atoms with Crippen LogP contribution in [0.15, 0.2) is 150 Å². The fraction of sp³-hybridized carbons (Fsp3) is 0.0638. The molecule has 0 N–H and O–H groups in total. The Morgan fingerprint density at radius 1 is 0.417 bits per heavy atom. The minimum atomic E-state index is -0.211. The van der Waals surface area contributed by atoms with Crippen LogP contribution in [0.3, 0.4) is 0 Å². The lowest BCUT2D eigenvalue weighted by molar-refractivity contribution is 0.662. The average Bonchev–Trinajstić information content (AvgIpc) is 3.62. The number of rotatable bonds is 2. The molecule has 1 nitrogen and oxygen atoms in total. The van der Waals surface area contributed by atoms with Gasteiger partial charge in [0.1, 0.15) is 11.2 Å². The molecule has 1 aliphatic carbocycles. The van der Waals surface area contributed by atoms with Crippen LogP contribution in [0.25, 0.3) is 98.4 Å². The van der Waals surface area contributed by atoms with E-state index in [-0.39, 0.29) is 5.41 Å². The van der Waals surface area contributed by atoms with Crippen LogP contribution in [0.5, 0.6) is 0 Å². The molecule has 0 saturated carbocycles. The molecule has 1 aliphatic rings. The Kier molecular flexibility index (Phi) is 4.97. The lowest BCUT2D eigenvalue weighted by Crippen LogP contribution is -2.16. The van der Waals surface area contributed by atoms with Crippen LogP contribution in [0, 0.1) is 0 Å². The highest BCUT2D eigenvalue weighted by Crippen LogP contribution is 2.56. The van der Waals surface area contributed by atoms with E-state index in [1.54, 1.807) is 0 Å². The van der Waals surface area contributed by atoms with Crippen LogP contribution >= 0.6 is 0 Å². The number of para-hydroxylation sites is 1. The summed E-state index contributed by atoms with van der Waals surface area (Å²) in [5.41, 5.74) is 12.2. The average molecular weight is 611 g/mol. The number of hydrogen-bond donors (Lipinski definition) is 0. The second-order valence-electron chi connectivity index (χ2n) is 14.1. The van der Waals surface area contributed by atoms with Gasteiger partial charge in [0, 0.05) is 16.2 Å². The van der Waals surface area contributed by atoms with E-state index in [4.69, 9.17) is 4.42 Å². The third-order valence-electron chi connectivity index (χ3n) is 11.2. The number of fused-ring (bicyclic) bond motifs is 8. The molecule has 10 aromatic rings. The molecular weight excluding hydrogens is 581 g/mol. The number of hydrogen-bond acceptors (Lipinski definition) is 1. The summed E-state index contributed by atoms with van der Waals surface area (Å²) in [6.07, 6.45) is 0. The summed E-state index contributed by atoms with van der Waals surface area (Å²) in [5, 5.41) is 12.8. The molecule has 0 bridgehead atoms. The van der Waals surface area contributed by atoms with Gasteiger partial charge in [0.15, 0.2) is 0 Å². The first-order chi connectivity index (χ1) is 23.5. The summed E-state index contributed by atoms with van der Waals surface area (Å²) in [4.78, 5) is 0. The molecule has 0 spiro atoms. The van der Waals surface area contributed by atoms with E-state index in [1.165, 1.54) is 87.6 Å². The molecule has 11 rings (SSSR count). The molecule has 0 saturated heterocycles. The number of benzene rings is 9. The summed E-state index contributed by atoms with van der Waals surface area (Å²) >= 11 is 0. The molecule has 48 heavy (non-hydrogen) atoms. The first kappa shape index (κ1) is 26.2. The lowest BCUT2D eigenvalue weighted by Gasteiger charge is -2.26. The van der Waals surface area contributed by atoms with Crippen molar-refractivity contribution in [2.24, 2.45) is 0 Å². The van der Waals surface area contributed by atoms with Gasteiger partial charge in [-0.25, -0.2) is 0 Å². The van der Waals surface area contributed by atoms with Crippen molar-refractivity contribution >= 4 is 65.0 Å². The number of furan rings is 1. The summed E-state index contributed by atoms with van der Waals surface area (Å²) in [7, 11) is 0. The van der Waals surface area contributed by atoms with Gasteiger partial charge in [-0.15, -0.1) is 0 Å². The minimum Gasteiger partial charge on any atom is -0.456 e. The largest absolute Gasteiger partial charge is 0.456 e. The fourth-order valence-electron chi connectivity index (χ4n) is 8.97. The molecule has 1 aromatic heterocycles. The van der Waals surface area contributed by atoms with Crippen LogP contribution in [-0.4, -0.2) is 0 Å². The summed E-state index contributed by atoms with van der Waals surface area (Å²) < 4.78 is 6.22. The minimum absolute atomic E-state index is 0.211. The van der Waals surface area contributed by atoms with E-state index in [2.05, 4.69) is 153 Å². The van der Waals surface area contributed by atoms with Gasteiger partial charge in [0.2, 0.25) is 0 Å². The van der Waals surface area contributed by atoms with Crippen molar-refractivity contribution in [1.29, 1.82) is 0 Å². The molecule has 9 aromatic carbocycles. The first-order valence-electron chi connectivity index (χ1n) is 16.8. The predicted molar refractivity (Wildman–Crippen MR) is 203 cm³/mol. The Bertz CT molecular complexity index is 2960. The summed E-state index contributed by atoms with van der Waals surface area (Å²) in [6, 6.07) is 54.0. The highest BCUT2D eigenvalue weighted by molar-refractivity contribution is 6.25. The Morgan fingerprint density at radius 2 is 1.06 bits per heavy atom. The molecule has 1 heteroatoms. The fourth-order valence-corrected chi connectivity index (χ4v) is 8.97. The summed E-state index contributed by atoms with van der Waals surface area (Å²) in [5.74, 6) is 0. The second-order valence-corrected chi connectivity index (χ2v) is 14.1. The van der Waals surface area contributed by atoms with E-state index >= 15 is 0 Å². The molecule has 0 unspecified atom stereocenters. The summed E-state index contributed by atoms with van der Waals surface area (Å²) in [6.45, 7) is 4.82. The zero-order chi connectivity index (χ0) is 31.7. The molecule has 0 radical (unpaired) electrons. The van der Waals surface area contributed by atoms with Crippen molar-refractivity contribution < 1.29 is 4.42 Å². The topological polar surface area (TPSA) is 13.1 Å². The molecule has 224 valence electrons. The van der Waals surface area contributed by atoms with Crippen molar-refractivity contribution in [3.63, 3.8) is 0 Å². The normalized spacial score (nSPS) is 13.8. The Labute approximate surface area is 278 Å². The first-order valence-corrected chi connectivity index (χ1v) is 16.8. The van der Waals surface area contributed by atoms with Crippen LogP contribution in [0.2, 0.25) is 0 Å². The van der Waals surface area contributed by atoms with E-state index < -0.39 is 0 Å². The third kappa shape index (κ3) is 3.35. The maximum absolute atomic E-state index is 6.22. The van der Waals surface area contributed by atoms with Crippen LogP contribution in [0.4, 0.5) is 0 Å². The van der Waals surface area contributed by atoms with Crippen molar-refractivity contribution in [3.05, 3.63) is 157 Å². The Balaban J connectivity index is 1.16. The van der Waals surface area contributed by atoms with E-state index in [9.17, 15) is 0 Å². The molecule has 0 aliphatic heterocycles. The highest BCUT2D eigenvalue weighted by atomic mass is 16.3. The Morgan fingerprint density at radius 3 is 1.94 bits per heavy atom. The van der Waals surface area contributed by atoms with Crippen molar-refractivity contribution in [1.82, 2.24) is 0 Å². The zero-order valence-corrected chi connectivity index (χ0v) is 26.8. The van der Waals surface area contributed by atoms with Gasteiger partial charge < -0.3 is 4.42 Å². The maximum atomic E-state index is 6.22. The second kappa shape index (κ2) is 9.12. The molecule has 0 atom stereocenters. The molecule has 1 heterocycles. The van der Waals surface area contributed by atoms with Crippen molar-refractivity contribution in [3.8, 4) is 33.4 Å². The molecule has 0 amide bonds. The van der Waals surface area contributed by atoms with E-state index in [0.717, 1.165) is 21.9 Å². The van der Waals surface area contributed by atoms with E-state index in [1.807, 2.05) is 6.07 Å². The van der Waals surface area contributed by atoms with Gasteiger partial charge in [-0.05, 0) is 118 Å². The van der Waals surface area contributed by atoms with Crippen LogP contribution in [-0.2, 0) is 5.41 Å². The smallest absolute Gasteiger partial charge is 0.135 e. The zero-order valence-electron chi connectivity index (χ0n) is 26.8. The Hall–Kier alpha value is -5.92. The van der Waals surface area contributed by atoms with Gasteiger partial charge >= 0.3 is 0 Å². The van der Waals surface area contributed by atoms with E-state index in [0.29, 0.717) is 0 Å². The molecular formula is C47H30O. The van der Waals surface area contributed by atoms with Crippen molar-refractivity contribution in [2.75, 3.05) is 0 Å². The predicted octanol–water partition coefficient (Wildman–Crippen LogP) is 13.3. The highest BCUT2D eigenvalue weighted by Gasteiger charge is 2.39. The van der Waals surface area contributed by atoms with Crippen LogP contribution in [0.1, 0.15) is 25.0 Å². The standard InChI is InChI=1S/C47H30O/c1-47(2)40-26-32(33-20-16-29-15-14-27-9-7-10-28-17-21-36(33)44(29)43(27)28)18-22-37(40)45-34-11-4-3-8-30(34)24-38(46(45)47)31-19-23-42-39(25-31)35-12-5-6-13-41(35)48-42/h3-26H,1-2H3. The van der Waals surface area contributed by atoms with Crippen LogP contribution < -0.4 is 0 Å². The van der Waals surface area contributed by atoms with Crippen molar-refractivity contribution in [2.45, 2.75) is 19.3 Å². The third-order valence-corrected chi connectivity index (χ3v) is 11.2.